The first-order valence-corrected chi connectivity index (χ1v) is 12.1. The normalized spacial score (nSPS) is 12.3. The first-order valence-electron chi connectivity index (χ1n) is 10.7. The van der Waals surface area contributed by atoms with E-state index in [1.807, 2.05) is 42.5 Å². The molecule has 0 unspecified atom stereocenters. The van der Waals surface area contributed by atoms with Crippen LogP contribution in [-0.4, -0.2) is 20.0 Å². The minimum Gasteiger partial charge on any atom is -0.280 e. The minimum absolute atomic E-state index is 0.0496. The van der Waals surface area contributed by atoms with Gasteiger partial charge in [-0.1, -0.05) is 75.4 Å². The van der Waals surface area contributed by atoms with Crippen molar-refractivity contribution < 1.29 is 13.2 Å². The Bertz CT molecular complexity index is 1230. The number of hydrazone groups is 1. The summed E-state index contributed by atoms with van der Waals surface area (Å²) < 4.78 is 28.1. The molecule has 0 fully saturated rings. The topological polar surface area (TPSA) is 87.6 Å². The van der Waals surface area contributed by atoms with Gasteiger partial charge in [0.15, 0.2) is 0 Å². The van der Waals surface area contributed by atoms with E-state index in [9.17, 15) is 13.2 Å². The van der Waals surface area contributed by atoms with E-state index in [-0.39, 0.29) is 22.6 Å². The lowest BCUT2D eigenvalue weighted by molar-refractivity contribution is -0.120. The van der Waals surface area contributed by atoms with Crippen LogP contribution in [0.25, 0.3) is 0 Å². The van der Waals surface area contributed by atoms with E-state index < -0.39 is 10.0 Å². The molecule has 0 atom stereocenters. The van der Waals surface area contributed by atoms with Crippen molar-refractivity contribution in [1.29, 1.82) is 0 Å². The molecule has 3 aromatic carbocycles. The van der Waals surface area contributed by atoms with Crippen molar-refractivity contribution in [3.05, 3.63) is 95.6 Å². The van der Waals surface area contributed by atoms with Crippen LogP contribution in [0.15, 0.2) is 88.9 Å². The number of amides is 1. The van der Waals surface area contributed by atoms with Gasteiger partial charge in [-0.05, 0) is 53.3 Å². The largest absolute Gasteiger partial charge is 0.280 e. The van der Waals surface area contributed by atoms with Crippen LogP contribution in [0.1, 0.15) is 44.4 Å². The standard InChI is InChI=1S/C26H29N3O3S/c1-19(27-28-25(30)18-20-8-6-5-7-9-20)21-10-14-23(15-11-21)29-33(31,32)24-16-12-22(13-17-24)26(2,3)4/h5-17,29H,18H2,1-4H3,(H,28,30)/b27-19+. The van der Waals surface area contributed by atoms with E-state index >= 15 is 0 Å². The Labute approximate surface area is 195 Å². The Morgan fingerprint density at radius 2 is 1.48 bits per heavy atom. The van der Waals surface area contributed by atoms with Gasteiger partial charge < -0.3 is 0 Å². The first kappa shape index (κ1) is 24.2. The van der Waals surface area contributed by atoms with E-state index in [1.54, 1.807) is 43.3 Å². The molecule has 3 aromatic rings. The van der Waals surface area contributed by atoms with E-state index in [0.29, 0.717) is 11.4 Å². The lowest BCUT2D eigenvalue weighted by atomic mass is 9.87. The van der Waals surface area contributed by atoms with Gasteiger partial charge in [0.05, 0.1) is 17.0 Å². The Hall–Kier alpha value is -3.45. The summed E-state index contributed by atoms with van der Waals surface area (Å²) in [5, 5.41) is 4.15. The molecule has 0 spiro atoms. The number of carbonyl (C=O) groups is 1. The van der Waals surface area contributed by atoms with Gasteiger partial charge in [-0.25, -0.2) is 13.8 Å². The molecule has 0 aliphatic rings. The lowest BCUT2D eigenvalue weighted by Crippen LogP contribution is -2.21. The number of benzene rings is 3. The lowest BCUT2D eigenvalue weighted by Gasteiger charge is -2.19. The number of hydrogen-bond acceptors (Lipinski definition) is 4. The summed E-state index contributed by atoms with van der Waals surface area (Å²) in [5.74, 6) is -0.206. The van der Waals surface area contributed by atoms with Gasteiger partial charge in [0.1, 0.15) is 0 Å². The molecular weight excluding hydrogens is 434 g/mol. The monoisotopic (exact) mass is 463 g/mol. The molecule has 0 aromatic heterocycles. The first-order chi connectivity index (χ1) is 15.5. The second-order valence-electron chi connectivity index (χ2n) is 8.85. The summed E-state index contributed by atoms with van der Waals surface area (Å²) in [7, 11) is -3.70. The molecule has 1 amide bonds. The Kier molecular flexibility index (Phi) is 7.33. The fourth-order valence-corrected chi connectivity index (χ4v) is 4.22. The van der Waals surface area contributed by atoms with Gasteiger partial charge in [0, 0.05) is 5.69 Å². The van der Waals surface area contributed by atoms with E-state index in [4.69, 9.17) is 0 Å². The van der Waals surface area contributed by atoms with Crippen LogP contribution in [0, 0.1) is 0 Å². The fraction of sp³-hybridized carbons (Fsp3) is 0.231. The summed E-state index contributed by atoms with van der Waals surface area (Å²) in [5.41, 5.74) is 6.31. The molecule has 2 N–H and O–H groups in total. The molecule has 0 saturated carbocycles. The number of sulfonamides is 1. The molecule has 172 valence electrons. The zero-order valence-corrected chi connectivity index (χ0v) is 20.1. The van der Waals surface area contributed by atoms with E-state index in [0.717, 1.165) is 16.7 Å². The van der Waals surface area contributed by atoms with Crippen LogP contribution < -0.4 is 10.1 Å². The van der Waals surface area contributed by atoms with Crippen molar-refractivity contribution in [1.82, 2.24) is 5.43 Å². The predicted octanol–water partition coefficient (Wildman–Crippen LogP) is 4.87. The number of nitrogens with one attached hydrogen (secondary N) is 2. The average Bonchev–Trinajstić information content (AvgIpc) is 2.78. The zero-order valence-electron chi connectivity index (χ0n) is 19.3. The molecule has 0 bridgehead atoms. The molecule has 0 heterocycles. The summed E-state index contributed by atoms with van der Waals surface area (Å²) in [6, 6.07) is 23.2. The second-order valence-corrected chi connectivity index (χ2v) is 10.5. The minimum atomic E-state index is -3.70. The van der Waals surface area contributed by atoms with Crippen molar-refractivity contribution >= 4 is 27.3 Å². The van der Waals surface area contributed by atoms with Gasteiger partial charge in [0.25, 0.3) is 10.0 Å². The number of rotatable bonds is 7. The quantitative estimate of drug-likeness (QED) is 0.387. The Morgan fingerprint density at radius 3 is 2.06 bits per heavy atom. The number of hydrogen-bond donors (Lipinski definition) is 2. The molecule has 7 heteroatoms. The molecule has 33 heavy (non-hydrogen) atoms. The molecule has 0 saturated heterocycles. The third-order valence-corrected chi connectivity index (χ3v) is 6.54. The van der Waals surface area contributed by atoms with Crippen molar-refractivity contribution in [3.8, 4) is 0 Å². The third-order valence-electron chi connectivity index (χ3n) is 5.14. The van der Waals surface area contributed by atoms with Crippen LogP contribution in [-0.2, 0) is 26.7 Å². The summed E-state index contributed by atoms with van der Waals surface area (Å²) in [6.45, 7) is 8.02. The Balaban J connectivity index is 1.63. The molecule has 0 aliphatic carbocycles. The maximum Gasteiger partial charge on any atom is 0.261 e. The molecule has 0 aliphatic heterocycles. The van der Waals surface area contributed by atoms with Crippen molar-refractivity contribution in [2.45, 2.75) is 44.4 Å². The number of anilines is 1. The van der Waals surface area contributed by atoms with Crippen molar-refractivity contribution in [3.63, 3.8) is 0 Å². The maximum absolute atomic E-state index is 12.7. The van der Waals surface area contributed by atoms with Gasteiger partial charge in [-0.3, -0.25) is 9.52 Å². The average molecular weight is 464 g/mol. The van der Waals surface area contributed by atoms with Crippen LogP contribution in [0.4, 0.5) is 5.69 Å². The summed E-state index contributed by atoms with van der Waals surface area (Å²) >= 11 is 0. The molecule has 6 nitrogen and oxygen atoms in total. The van der Waals surface area contributed by atoms with Crippen LogP contribution >= 0.6 is 0 Å². The molecule has 0 radical (unpaired) electrons. The van der Waals surface area contributed by atoms with Crippen molar-refractivity contribution in [2.24, 2.45) is 5.10 Å². The highest BCUT2D eigenvalue weighted by Gasteiger charge is 2.17. The van der Waals surface area contributed by atoms with Gasteiger partial charge in [-0.2, -0.15) is 5.10 Å². The van der Waals surface area contributed by atoms with E-state index in [1.165, 1.54) is 0 Å². The maximum atomic E-state index is 12.7. The highest BCUT2D eigenvalue weighted by molar-refractivity contribution is 7.92. The smallest absolute Gasteiger partial charge is 0.261 e. The van der Waals surface area contributed by atoms with Crippen LogP contribution in [0.2, 0.25) is 0 Å². The predicted molar refractivity (Wildman–Crippen MR) is 133 cm³/mol. The summed E-state index contributed by atoms with van der Waals surface area (Å²) in [4.78, 5) is 12.3. The van der Waals surface area contributed by atoms with E-state index in [2.05, 4.69) is 36.0 Å². The van der Waals surface area contributed by atoms with Crippen LogP contribution in [0.3, 0.4) is 0 Å². The number of carbonyl (C=O) groups excluding carboxylic acids is 1. The van der Waals surface area contributed by atoms with Crippen LogP contribution in [0.5, 0.6) is 0 Å². The fourth-order valence-electron chi connectivity index (χ4n) is 3.16. The Morgan fingerprint density at radius 1 is 0.879 bits per heavy atom. The second kappa shape index (κ2) is 10.0. The SMILES string of the molecule is C/C(=N\NC(=O)Cc1ccccc1)c1ccc(NS(=O)(=O)c2ccc(C(C)(C)C)cc2)cc1. The van der Waals surface area contributed by atoms with Crippen molar-refractivity contribution in [2.75, 3.05) is 4.72 Å². The van der Waals surface area contributed by atoms with Gasteiger partial charge in [0.2, 0.25) is 5.91 Å². The summed E-state index contributed by atoms with van der Waals surface area (Å²) in [6.07, 6.45) is 0.245. The molecule has 3 rings (SSSR count). The number of nitrogens with zero attached hydrogens (tertiary/aromatic N) is 1. The third kappa shape index (κ3) is 6.76. The molecular formula is C26H29N3O3S. The highest BCUT2D eigenvalue weighted by atomic mass is 32.2. The highest BCUT2D eigenvalue weighted by Crippen LogP contribution is 2.24. The van der Waals surface area contributed by atoms with Gasteiger partial charge in [-0.15, -0.1) is 0 Å². The van der Waals surface area contributed by atoms with Gasteiger partial charge >= 0.3 is 0 Å². The zero-order chi connectivity index (χ0) is 24.1.